The molecule has 1 heterocycles. The Hall–Kier alpha value is -3.62. The average Bonchev–Trinajstić information content (AvgIpc) is 3.11. The van der Waals surface area contributed by atoms with Crippen LogP contribution in [-0.4, -0.2) is 37.4 Å². The molecule has 0 aromatic heterocycles. The molecule has 0 saturated heterocycles. The lowest BCUT2D eigenvalue weighted by molar-refractivity contribution is -0.130. The number of hydrogen-bond donors (Lipinski definition) is 1. The van der Waals surface area contributed by atoms with Crippen molar-refractivity contribution in [2.45, 2.75) is 24.4 Å². The molecule has 35 heavy (non-hydrogen) atoms. The number of benzene rings is 3. The first-order valence-electron chi connectivity index (χ1n) is 10.6. The molecular weight excluding hydrogens is 490 g/mol. The topological polar surface area (TPSA) is 101 Å². The lowest BCUT2D eigenvalue weighted by atomic mass is 10.0. The molecule has 7 nitrogen and oxygen atoms in total. The third-order valence-electron chi connectivity index (χ3n) is 5.82. The van der Waals surface area contributed by atoms with Crippen molar-refractivity contribution in [1.82, 2.24) is 4.90 Å². The van der Waals surface area contributed by atoms with Crippen molar-refractivity contribution in [1.29, 1.82) is 0 Å². The predicted octanol–water partition coefficient (Wildman–Crippen LogP) is 4.76. The number of sulfone groups is 1. The second-order valence-corrected chi connectivity index (χ2v) is 10.4. The Balaban J connectivity index is 1.86. The van der Waals surface area contributed by atoms with E-state index < -0.39 is 38.4 Å². The van der Waals surface area contributed by atoms with E-state index in [1.165, 1.54) is 48.4 Å². The number of rotatable bonds is 6. The maximum absolute atomic E-state index is 13.7. The SMILES string of the molecule is COC(=O)c1ccc(C2C(S(=O)(=O)c3ccc(C)cc3)=C(O)C(=O)N2Cc2ccccc2Cl)cc1. The molecule has 9 heteroatoms. The van der Waals surface area contributed by atoms with Gasteiger partial charge in [0.25, 0.3) is 5.91 Å². The zero-order valence-electron chi connectivity index (χ0n) is 18.9. The van der Waals surface area contributed by atoms with E-state index >= 15 is 0 Å². The van der Waals surface area contributed by atoms with E-state index in [0.29, 0.717) is 16.1 Å². The highest BCUT2D eigenvalue weighted by molar-refractivity contribution is 7.95. The zero-order valence-corrected chi connectivity index (χ0v) is 20.5. The molecule has 3 aromatic rings. The van der Waals surface area contributed by atoms with Crippen molar-refractivity contribution < 1.29 is 27.9 Å². The van der Waals surface area contributed by atoms with Gasteiger partial charge in [-0.05, 0) is 48.4 Å². The van der Waals surface area contributed by atoms with Crippen LogP contribution >= 0.6 is 11.6 Å². The van der Waals surface area contributed by atoms with Crippen LogP contribution in [0.3, 0.4) is 0 Å². The number of hydrogen-bond acceptors (Lipinski definition) is 6. The van der Waals surface area contributed by atoms with Gasteiger partial charge in [-0.15, -0.1) is 0 Å². The molecule has 1 amide bonds. The first-order valence-corrected chi connectivity index (χ1v) is 12.5. The van der Waals surface area contributed by atoms with E-state index in [1.807, 2.05) is 6.92 Å². The minimum atomic E-state index is -4.26. The molecule has 1 aliphatic rings. The number of carbonyl (C=O) groups excluding carboxylic acids is 2. The number of ether oxygens (including phenoxy) is 1. The van der Waals surface area contributed by atoms with Gasteiger partial charge < -0.3 is 14.7 Å². The fourth-order valence-corrected chi connectivity index (χ4v) is 5.82. The molecule has 4 rings (SSSR count). The van der Waals surface area contributed by atoms with Gasteiger partial charge in [-0.3, -0.25) is 4.79 Å². The van der Waals surface area contributed by atoms with Crippen molar-refractivity contribution in [3.05, 3.63) is 111 Å². The highest BCUT2D eigenvalue weighted by Gasteiger charge is 2.47. The first kappa shape index (κ1) is 24.5. The second-order valence-electron chi connectivity index (χ2n) is 8.07. The summed E-state index contributed by atoms with van der Waals surface area (Å²) in [5, 5.41) is 11.2. The Morgan fingerprint density at radius 1 is 1.03 bits per heavy atom. The Bertz CT molecular complexity index is 1430. The van der Waals surface area contributed by atoms with Gasteiger partial charge in [-0.1, -0.05) is 59.6 Å². The smallest absolute Gasteiger partial charge is 0.337 e. The van der Waals surface area contributed by atoms with Gasteiger partial charge in [0.2, 0.25) is 9.84 Å². The van der Waals surface area contributed by atoms with E-state index in [0.717, 1.165) is 5.56 Å². The third kappa shape index (κ3) is 4.54. The summed E-state index contributed by atoms with van der Waals surface area (Å²) in [5.74, 6) is -2.24. The van der Waals surface area contributed by atoms with Gasteiger partial charge in [0.1, 0.15) is 4.91 Å². The summed E-state index contributed by atoms with van der Waals surface area (Å²) in [6.07, 6.45) is 0. The summed E-state index contributed by atoms with van der Waals surface area (Å²) in [6, 6.07) is 17.9. The molecule has 1 atom stereocenters. The molecule has 0 fully saturated rings. The quantitative estimate of drug-likeness (QED) is 0.479. The number of aryl methyl sites for hydroxylation is 1. The Kier molecular flexibility index (Phi) is 6.69. The number of methoxy groups -OCH3 is 1. The summed E-state index contributed by atoms with van der Waals surface area (Å²) in [4.78, 5) is 25.9. The maximum atomic E-state index is 13.7. The minimum Gasteiger partial charge on any atom is -0.502 e. The molecule has 0 bridgehead atoms. The van der Waals surface area contributed by atoms with Gasteiger partial charge in [-0.2, -0.15) is 0 Å². The fraction of sp³-hybridized carbons (Fsp3) is 0.154. The number of nitrogens with zero attached hydrogens (tertiary/aromatic N) is 1. The number of aliphatic hydroxyl groups is 1. The summed E-state index contributed by atoms with van der Waals surface area (Å²) in [7, 11) is -3.00. The monoisotopic (exact) mass is 511 g/mol. The molecule has 0 radical (unpaired) electrons. The van der Waals surface area contributed by atoms with E-state index in [4.69, 9.17) is 16.3 Å². The van der Waals surface area contributed by atoms with Crippen molar-refractivity contribution >= 4 is 33.3 Å². The summed E-state index contributed by atoms with van der Waals surface area (Å²) < 4.78 is 32.1. The Labute approximate surface area is 208 Å². The molecule has 3 aromatic carbocycles. The van der Waals surface area contributed by atoms with E-state index in [1.54, 1.807) is 36.4 Å². The number of amides is 1. The van der Waals surface area contributed by atoms with Crippen LogP contribution in [0.5, 0.6) is 0 Å². The molecule has 1 aliphatic heterocycles. The Morgan fingerprint density at radius 2 is 1.66 bits per heavy atom. The number of halogens is 1. The molecule has 0 saturated carbocycles. The number of esters is 1. The third-order valence-corrected chi connectivity index (χ3v) is 8.08. The minimum absolute atomic E-state index is 0.0428. The maximum Gasteiger partial charge on any atom is 0.337 e. The van der Waals surface area contributed by atoms with Crippen LogP contribution < -0.4 is 0 Å². The van der Waals surface area contributed by atoms with Crippen LogP contribution in [0.2, 0.25) is 5.02 Å². The molecule has 0 aliphatic carbocycles. The largest absolute Gasteiger partial charge is 0.502 e. The second kappa shape index (κ2) is 9.56. The Morgan fingerprint density at radius 3 is 2.26 bits per heavy atom. The zero-order chi connectivity index (χ0) is 25.3. The predicted molar refractivity (Wildman–Crippen MR) is 131 cm³/mol. The molecule has 1 unspecified atom stereocenters. The normalized spacial score (nSPS) is 16.0. The summed E-state index contributed by atoms with van der Waals surface area (Å²) in [5.41, 5.74) is 2.10. The lowest BCUT2D eigenvalue weighted by Gasteiger charge is -2.27. The summed E-state index contributed by atoms with van der Waals surface area (Å²) in [6.45, 7) is 1.78. The summed E-state index contributed by atoms with van der Waals surface area (Å²) >= 11 is 6.31. The molecule has 180 valence electrons. The highest BCUT2D eigenvalue weighted by atomic mass is 35.5. The highest BCUT2D eigenvalue weighted by Crippen LogP contribution is 2.43. The van der Waals surface area contributed by atoms with Crippen molar-refractivity contribution in [3.8, 4) is 0 Å². The van der Waals surface area contributed by atoms with Gasteiger partial charge in [0.05, 0.1) is 23.6 Å². The fourth-order valence-electron chi connectivity index (χ4n) is 3.97. The van der Waals surface area contributed by atoms with Crippen LogP contribution in [-0.2, 0) is 25.9 Å². The van der Waals surface area contributed by atoms with Crippen molar-refractivity contribution in [3.63, 3.8) is 0 Å². The molecule has 0 spiro atoms. The standard InChI is InChI=1S/C26H22ClNO6S/c1-16-7-13-20(14-8-16)35(32,33)24-22(17-9-11-18(12-10-17)26(31)34-2)28(25(30)23(24)29)15-19-5-3-4-6-21(19)27/h3-14,22,29H,15H2,1-2H3. The number of carbonyl (C=O) groups is 2. The number of aliphatic hydroxyl groups excluding tert-OH is 1. The van der Waals surface area contributed by atoms with Gasteiger partial charge in [0.15, 0.2) is 5.76 Å². The van der Waals surface area contributed by atoms with Crippen molar-refractivity contribution in [2.24, 2.45) is 0 Å². The van der Waals surface area contributed by atoms with E-state index in [2.05, 4.69) is 0 Å². The average molecular weight is 512 g/mol. The molecular formula is C26H22ClNO6S. The van der Waals surface area contributed by atoms with Crippen LogP contribution in [0.4, 0.5) is 0 Å². The van der Waals surface area contributed by atoms with Crippen molar-refractivity contribution in [2.75, 3.05) is 7.11 Å². The van der Waals surface area contributed by atoms with Gasteiger partial charge in [0, 0.05) is 11.6 Å². The van der Waals surface area contributed by atoms with Crippen LogP contribution in [0, 0.1) is 6.92 Å². The van der Waals surface area contributed by atoms with Crippen LogP contribution in [0.25, 0.3) is 0 Å². The van der Waals surface area contributed by atoms with Crippen LogP contribution in [0.1, 0.15) is 33.1 Å². The first-order chi connectivity index (χ1) is 16.6. The van der Waals surface area contributed by atoms with Crippen LogP contribution in [0.15, 0.2) is 88.4 Å². The lowest BCUT2D eigenvalue weighted by Crippen LogP contribution is -2.31. The van der Waals surface area contributed by atoms with E-state index in [9.17, 15) is 23.1 Å². The van der Waals surface area contributed by atoms with Gasteiger partial charge in [-0.25, -0.2) is 13.2 Å². The van der Waals surface area contributed by atoms with E-state index in [-0.39, 0.29) is 17.0 Å². The van der Waals surface area contributed by atoms with Gasteiger partial charge >= 0.3 is 5.97 Å². The molecule has 1 N–H and O–H groups in total.